The van der Waals surface area contributed by atoms with Crippen LogP contribution in [0.1, 0.15) is 29.2 Å². The number of amides is 1. The molecule has 0 radical (unpaired) electrons. The first-order valence-corrected chi connectivity index (χ1v) is 8.59. The van der Waals surface area contributed by atoms with E-state index in [1.807, 2.05) is 18.2 Å². The summed E-state index contributed by atoms with van der Waals surface area (Å²) in [5.74, 6) is -0.0674. The van der Waals surface area contributed by atoms with Gasteiger partial charge in [0.2, 0.25) is 5.91 Å². The van der Waals surface area contributed by atoms with Crippen molar-refractivity contribution in [3.8, 4) is 0 Å². The second kappa shape index (κ2) is 7.96. The van der Waals surface area contributed by atoms with Gasteiger partial charge in [-0.15, -0.1) is 0 Å². The Hall–Kier alpha value is -2.61. The number of benzene rings is 1. The third kappa shape index (κ3) is 4.97. The molecule has 1 aliphatic rings. The van der Waals surface area contributed by atoms with Gasteiger partial charge in [0.1, 0.15) is 11.9 Å². The standard InChI is InChI=1S/C19H20F3N3O2/c1-12(25-17-5-4-16(10-23-17)19(20,21)22)18(26)24-9-13-2-3-14-6-7-27-11-15(14)8-13/h2-5,8,10,12H,6-7,9,11H2,1H3,(H,23,25)(H,24,26). The molecule has 0 saturated heterocycles. The zero-order chi connectivity index (χ0) is 19.4. The van der Waals surface area contributed by atoms with Crippen LogP contribution in [0.2, 0.25) is 0 Å². The van der Waals surface area contributed by atoms with Gasteiger partial charge in [-0.3, -0.25) is 4.79 Å². The number of carbonyl (C=O) groups is 1. The van der Waals surface area contributed by atoms with Crippen LogP contribution in [0.15, 0.2) is 36.5 Å². The Balaban J connectivity index is 1.53. The summed E-state index contributed by atoms with van der Waals surface area (Å²) in [6, 6.07) is 7.53. The monoisotopic (exact) mass is 379 g/mol. The first-order valence-electron chi connectivity index (χ1n) is 8.59. The fraction of sp³-hybridized carbons (Fsp3) is 0.368. The van der Waals surface area contributed by atoms with Crippen molar-refractivity contribution in [2.45, 2.75) is 38.7 Å². The smallest absolute Gasteiger partial charge is 0.376 e. The maximum absolute atomic E-state index is 12.5. The topological polar surface area (TPSA) is 63.2 Å². The lowest BCUT2D eigenvalue weighted by Crippen LogP contribution is -2.37. The third-order valence-electron chi connectivity index (χ3n) is 4.36. The summed E-state index contributed by atoms with van der Waals surface area (Å²) in [7, 11) is 0. The highest BCUT2D eigenvalue weighted by molar-refractivity contribution is 5.83. The number of alkyl halides is 3. The van der Waals surface area contributed by atoms with E-state index in [0.29, 0.717) is 13.2 Å². The molecule has 5 nitrogen and oxygen atoms in total. The molecular formula is C19H20F3N3O2. The second-order valence-electron chi connectivity index (χ2n) is 6.42. The Labute approximate surface area is 154 Å². The lowest BCUT2D eigenvalue weighted by Gasteiger charge is -2.18. The lowest BCUT2D eigenvalue weighted by atomic mass is 10.0. The molecule has 1 atom stereocenters. The van der Waals surface area contributed by atoms with Crippen molar-refractivity contribution in [1.82, 2.24) is 10.3 Å². The second-order valence-corrected chi connectivity index (χ2v) is 6.42. The molecule has 27 heavy (non-hydrogen) atoms. The highest BCUT2D eigenvalue weighted by atomic mass is 19.4. The number of carbonyl (C=O) groups excluding carboxylic acids is 1. The van der Waals surface area contributed by atoms with Gasteiger partial charge in [0.05, 0.1) is 18.8 Å². The number of hydrogen-bond acceptors (Lipinski definition) is 4. The highest BCUT2D eigenvalue weighted by Crippen LogP contribution is 2.28. The maximum atomic E-state index is 12.5. The van der Waals surface area contributed by atoms with Crippen molar-refractivity contribution < 1.29 is 22.7 Å². The predicted octanol–water partition coefficient (Wildman–Crippen LogP) is 3.29. The van der Waals surface area contributed by atoms with E-state index in [2.05, 4.69) is 15.6 Å². The van der Waals surface area contributed by atoms with Crippen molar-refractivity contribution >= 4 is 11.7 Å². The summed E-state index contributed by atoms with van der Waals surface area (Å²) in [5.41, 5.74) is 2.53. The van der Waals surface area contributed by atoms with E-state index >= 15 is 0 Å². The van der Waals surface area contributed by atoms with Crippen LogP contribution < -0.4 is 10.6 Å². The van der Waals surface area contributed by atoms with Crippen LogP contribution in [0.25, 0.3) is 0 Å². The van der Waals surface area contributed by atoms with Crippen molar-refractivity contribution in [2.24, 2.45) is 0 Å². The molecule has 1 aliphatic heterocycles. The highest BCUT2D eigenvalue weighted by Gasteiger charge is 2.30. The molecule has 0 saturated carbocycles. The Morgan fingerprint density at radius 3 is 2.78 bits per heavy atom. The van der Waals surface area contributed by atoms with E-state index in [9.17, 15) is 18.0 Å². The normalized spacial score (nSPS) is 15.0. The molecule has 1 unspecified atom stereocenters. The van der Waals surface area contributed by atoms with Crippen molar-refractivity contribution in [1.29, 1.82) is 0 Å². The van der Waals surface area contributed by atoms with Crippen LogP contribution in [-0.4, -0.2) is 23.5 Å². The third-order valence-corrected chi connectivity index (χ3v) is 4.36. The molecule has 1 aromatic carbocycles. The molecule has 144 valence electrons. The van der Waals surface area contributed by atoms with Crippen LogP contribution in [-0.2, 0) is 35.3 Å². The number of halogens is 3. The first-order chi connectivity index (χ1) is 12.8. The van der Waals surface area contributed by atoms with Crippen LogP contribution in [0.4, 0.5) is 19.0 Å². The van der Waals surface area contributed by atoms with Gasteiger partial charge in [-0.1, -0.05) is 18.2 Å². The van der Waals surface area contributed by atoms with E-state index in [1.54, 1.807) is 6.92 Å². The SMILES string of the molecule is CC(Nc1ccc(C(F)(F)F)cn1)C(=O)NCc1ccc2c(c1)COCC2. The Kier molecular flexibility index (Phi) is 5.65. The molecule has 2 aromatic rings. The molecule has 3 rings (SSSR count). The minimum atomic E-state index is -4.44. The van der Waals surface area contributed by atoms with Gasteiger partial charge in [0.25, 0.3) is 0 Å². The molecule has 0 fully saturated rings. The molecule has 1 aromatic heterocycles. The fourth-order valence-corrected chi connectivity index (χ4v) is 2.81. The Morgan fingerprint density at radius 2 is 2.07 bits per heavy atom. The van der Waals surface area contributed by atoms with Gasteiger partial charge in [-0.25, -0.2) is 4.98 Å². The van der Waals surface area contributed by atoms with E-state index in [-0.39, 0.29) is 11.7 Å². The zero-order valence-corrected chi connectivity index (χ0v) is 14.8. The van der Waals surface area contributed by atoms with E-state index in [4.69, 9.17) is 4.74 Å². The lowest BCUT2D eigenvalue weighted by molar-refractivity contribution is -0.137. The van der Waals surface area contributed by atoms with Gasteiger partial charge in [-0.2, -0.15) is 13.2 Å². The Morgan fingerprint density at radius 1 is 1.26 bits per heavy atom. The molecule has 0 bridgehead atoms. The van der Waals surface area contributed by atoms with E-state index in [1.165, 1.54) is 11.6 Å². The average molecular weight is 379 g/mol. The predicted molar refractivity (Wildman–Crippen MR) is 94.0 cm³/mol. The number of aromatic nitrogens is 1. The van der Waals surface area contributed by atoms with Crippen LogP contribution in [0, 0.1) is 0 Å². The summed E-state index contributed by atoms with van der Waals surface area (Å²) in [6.45, 7) is 3.28. The zero-order valence-electron chi connectivity index (χ0n) is 14.8. The summed E-state index contributed by atoms with van der Waals surface area (Å²) in [4.78, 5) is 15.9. The van der Waals surface area contributed by atoms with Gasteiger partial charge in [0, 0.05) is 12.7 Å². The van der Waals surface area contributed by atoms with Crippen molar-refractivity contribution in [3.05, 3.63) is 58.8 Å². The van der Waals surface area contributed by atoms with Crippen molar-refractivity contribution in [2.75, 3.05) is 11.9 Å². The number of fused-ring (bicyclic) bond motifs is 1. The van der Waals surface area contributed by atoms with Gasteiger partial charge < -0.3 is 15.4 Å². The molecular weight excluding hydrogens is 359 g/mol. The van der Waals surface area contributed by atoms with E-state index < -0.39 is 17.8 Å². The van der Waals surface area contributed by atoms with Gasteiger partial charge in [-0.05, 0) is 42.2 Å². The van der Waals surface area contributed by atoms with Gasteiger partial charge >= 0.3 is 6.18 Å². The molecule has 1 amide bonds. The Bertz CT molecular complexity index is 807. The summed E-state index contributed by atoms with van der Waals surface area (Å²) < 4.78 is 43.1. The minimum Gasteiger partial charge on any atom is -0.376 e. The van der Waals surface area contributed by atoms with Gasteiger partial charge in [0.15, 0.2) is 0 Å². The first kappa shape index (κ1) is 19.2. The van der Waals surface area contributed by atoms with Crippen LogP contribution >= 0.6 is 0 Å². The maximum Gasteiger partial charge on any atom is 0.417 e. The molecule has 0 spiro atoms. The molecule has 2 N–H and O–H groups in total. The van der Waals surface area contributed by atoms with Crippen LogP contribution in [0.5, 0.6) is 0 Å². The number of anilines is 1. The number of pyridine rings is 1. The summed E-state index contributed by atoms with van der Waals surface area (Å²) in [5, 5.41) is 5.61. The fourth-order valence-electron chi connectivity index (χ4n) is 2.81. The summed E-state index contributed by atoms with van der Waals surface area (Å²) >= 11 is 0. The number of nitrogens with zero attached hydrogens (tertiary/aromatic N) is 1. The van der Waals surface area contributed by atoms with Crippen molar-refractivity contribution in [3.63, 3.8) is 0 Å². The minimum absolute atomic E-state index is 0.205. The molecule has 8 heteroatoms. The quantitative estimate of drug-likeness (QED) is 0.837. The number of rotatable bonds is 5. The van der Waals surface area contributed by atoms with Crippen LogP contribution in [0.3, 0.4) is 0 Å². The average Bonchev–Trinajstić information content (AvgIpc) is 2.65. The number of ether oxygens (including phenoxy) is 1. The summed E-state index contributed by atoms with van der Waals surface area (Å²) in [6.07, 6.45) is -2.81. The molecule has 2 heterocycles. The van der Waals surface area contributed by atoms with E-state index in [0.717, 1.165) is 36.4 Å². The largest absolute Gasteiger partial charge is 0.417 e. The number of hydrogen-bond donors (Lipinski definition) is 2. The number of nitrogens with one attached hydrogen (secondary N) is 2. The molecule has 0 aliphatic carbocycles.